The van der Waals surface area contributed by atoms with E-state index in [0.29, 0.717) is 0 Å². The third-order valence-corrected chi connectivity index (χ3v) is 3.48. The minimum Gasteiger partial charge on any atom is -0.248 e. The first-order valence-corrected chi connectivity index (χ1v) is 6.83. The first-order chi connectivity index (χ1) is 9.72. The van der Waals surface area contributed by atoms with E-state index in [9.17, 15) is 0 Å². The molecule has 0 N–H and O–H groups in total. The lowest BCUT2D eigenvalue weighted by Gasteiger charge is -2.02. The van der Waals surface area contributed by atoms with Crippen LogP contribution in [-0.4, -0.2) is 4.98 Å². The zero-order valence-electron chi connectivity index (χ0n) is 11.8. The average molecular weight is 259 g/mol. The van der Waals surface area contributed by atoms with Crippen molar-refractivity contribution in [2.24, 2.45) is 0 Å². The number of nitrogens with zero attached hydrogens (tertiary/aromatic N) is 1. The second kappa shape index (κ2) is 5.30. The summed E-state index contributed by atoms with van der Waals surface area (Å²) in [7, 11) is 0. The molecule has 0 bridgehead atoms. The van der Waals surface area contributed by atoms with E-state index in [1.807, 2.05) is 18.2 Å². The molecule has 0 spiro atoms. The predicted molar refractivity (Wildman–Crippen MR) is 86.6 cm³/mol. The third-order valence-electron chi connectivity index (χ3n) is 3.48. The van der Waals surface area contributed by atoms with Crippen molar-refractivity contribution in [3.05, 3.63) is 77.0 Å². The highest BCUT2D eigenvalue weighted by atomic mass is 14.7. The van der Waals surface area contributed by atoms with E-state index in [1.165, 1.54) is 22.1 Å². The highest BCUT2D eigenvalue weighted by molar-refractivity contribution is 5.81. The van der Waals surface area contributed by atoms with E-state index in [4.69, 9.17) is 0 Å². The lowest BCUT2D eigenvalue weighted by molar-refractivity contribution is 1.36. The Bertz CT molecular complexity index is 785. The average Bonchev–Trinajstić information content (AvgIpc) is 2.46. The fourth-order valence-corrected chi connectivity index (χ4v) is 2.36. The van der Waals surface area contributed by atoms with E-state index in [1.54, 1.807) is 0 Å². The molecule has 0 aliphatic heterocycles. The third kappa shape index (κ3) is 2.62. The molecule has 1 heterocycles. The Morgan fingerprint density at radius 3 is 2.55 bits per heavy atom. The van der Waals surface area contributed by atoms with E-state index in [-0.39, 0.29) is 0 Å². The fraction of sp³-hybridized carbons (Fsp3) is 0.105. The Morgan fingerprint density at radius 1 is 0.850 bits per heavy atom. The van der Waals surface area contributed by atoms with Gasteiger partial charge in [0.25, 0.3) is 0 Å². The summed E-state index contributed by atoms with van der Waals surface area (Å²) in [5.41, 5.74) is 5.86. The molecule has 0 radical (unpaired) electrons. The summed E-state index contributed by atoms with van der Waals surface area (Å²) >= 11 is 0. The minimum absolute atomic E-state index is 0.990. The number of hydrogen-bond acceptors (Lipinski definition) is 1. The molecule has 0 atom stereocenters. The highest BCUT2D eigenvalue weighted by Crippen LogP contribution is 2.16. The predicted octanol–water partition coefficient (Wildman–Crippen LogP) is 5.02. The van der Waals surface area contributed by atoms with Gasteiger partial charge in [-0.05, 0) is 43.2 Å². The molecule has 20 heavy (non-hydrogen) atoms. The quantitative estimate of drug-likeness (QED) is 0.629. The number of aryl methyl sites for hydroxylation is 2. The van der Waals surface area contributed by atoms with Crippen LogP contribution in [0, 0.1) is 13.8 Å². The van der Waals surface area contributed by atoms with Crippen LogP contribution in [-0.2, 0) is 0 Å². The van der Waals surface area contributed by atoms with Gasteiger partial charge in [-0.1, -0.05) is 54.1 Å². The summed E-state index contributed by atoms with van der Waals surface area (Å²) in [5.74, 6) is 0. The van der Waals surface area contributed by atoms with Gasteiger partial charge in [-0.25, -0.2) is 4.98 Å². The molecule has 3 aromatic rings. The van der Waals surface area contributed by atoms with Crippen LogP contribution in [0.1, 0.15) is 22.4 Å². The summed E-state index contributed by atoms with van der Waals surface area (Å²) in [4.78, 5) is 4.65. The van der Waals surface area contributed by atoms with Crippen molar-refractivity contribution in [2.75, 3.05) is 0 Å². The van der Waals surface area contributed by atoms with Crippen LogP contribution < -0.4 is 0 Å². The largest absolute Gasteiger partial charge is 0.248 e. The fourth-order valence-electron chi connectivity index (χ4n) is 2.36. The standard InChI is InChI=1S/C19H17N/c1-14-7-8-16(15(2)13-14)9-11-18-12-10-17-5-3-4-6-19(17)20-18/h3-13H,1-2H3/b11-9+. The van der Waals surface area contributed by atoms with E-state index in [0.717, 1.165) is 11.2 Å². The molecule has 0 fully saturated rings. The number of fused-ring (bicyclic) bond motifs is 1. The van der Waals surface area contributed by atoms with Gasteiger partial charge in [0, 0.05) is 5.39 Å². The summed E-state index contributed by atoms with van der Waals surface area (Å²) in [6, 6.07) is 18.9. The van der Waals surface area contributed by atoms with E-state index < -0.39 is 0 Å². The Kier molecular flexibility index (Phi) is 3.34. The zero-order valence-corrected chi connectivity index (χ0v) is 11.8. The van der Waals surface area contributed by atoms with Crippen LogP contribution >= 0.6 is 0 Å². The van der Waals surface area contributed by atoms with Crippen LogP contribution in [0.3, 0.4) is 0 Å². The number of para-hydroxylation sites is 1. The molecule has 0 amide bonds. The molecule has 0 saturated carbocycles. The molecule has 0 aliphatic carbocycles. The van der Waals surface area contributed by atoms with Crippen LogP contribution in [0.15, 0.2) is 54.6 Å². The van der Waals surface area contributed by atoms with Gasteiger partial charge < -0.3 is 0 Å². The summed E-state index contributed by atoms with van der Waals surface area (Å²) < 4.78 is 0. The van der Waals surface area contributed by atoms with Gasteiger partial charge in [0.1, 0.15) is 0 Å². The van der Waals surface area contributed by atoms with E-state index in [2.05, 4.69) is 67.4 Å². The van der Waals surface area contributed by atoms with Crippen molar-refractivity contribution < 1.29 is 0 Å². The maximum atomic E-state index is 4.65. The maximum absolute atomic E-state index is 4.65. The summed E-state index contributed by atoms with van der Waals surface area (Å²) in [6.45, 7) is 4.26. The molecule has 1 nitrogen and oxygen atoms in total. The molecule has 0 aliphatic rings. The lowest BCUT2D eigenvalue weighted by Crippen LogP contribution is -1.84. The Balaban J connectivity index is 1.93. The van der Waals surface area contributed by atoms with Crippen molar-refractivity contribution >= 4 is 23.1 Å². The number of hydrogen-bond donors (Lipinski definition) is 0. The van der Waals surface area contributed by atoms with Crippen LogP contribution in [0.2, 0.25) is 0 Å². The molecular weight excluding hydrogens is 242 g/mol. The first-order valence-electron chi connectivity index (χ1n) is 6.83. The van der Waals surface area contributed by atoms with Crippen molar-refractivity contribution in [3.63, 3.8) is 0 Å². The number of rotatable bonds is 2. The van der Waals surface area contributed by atoms with Crippen LogP contribution in [0.25, 0.3) is 23.1 Å². The van der Waals surface area contributed by atoms with Gasteiger partial charge >= 0.3 is 0 Å². The monoisotopic (exact) mass is 259 g/mol. The van der Waals surface area contributed by atoms with Crippen molar-refractivity contribution in [1.82, 2.24) is 4.98 Å². The zero-order chi connectivity index (χ0) is 13.9. The smallest absolute Gasteiger partial charge is 0.0709 e. The normalized spacial score (nSPS) is 11.3. The van der Waals surface area contributed by atoms with Crippen LogP contribution in [0.5, 0.6) is 0 Å². The number of aromatic nitrogens is 1. The van der Waals surface area contributed by atoms with Gasteiger partial charge in [-0.2, -0.15) is 0 Å². The molecule has 1 heteroatoms. The molecule has 3 rings (SSSR count). The van der Waals surface area contributed by atoms with Gasteiger partial charge in [0.2, 0.25) is 0 Å². The molecule has 0 saturated heterocycles. The summed E-state index contributed by atoms with van der Waals surface area (Å²) in [5, 5.41) is 1.18. The SMILES string of the molecule is Cc1ccc(/C=C/c2ccc3ccccc3n2)c(C)c1. The molecular formula is C19H17N. The van der Waals surface area contributed by atoms with Crippen molar-refractivity contribution in [2.45, 2.75) is 13.8 Å². The van der Waals surface area contributed by atoms with Crippen molar-refractivity contribution in [1.29, 1.82) is 0 Å². The molecule has 1 aromatic heterocycles. The Labute approximate surface area is 119 Å². The molecule has 98 valence electrons. The molecule has 0 unspecified atom stereocenters. The van der Waals surface area contributed by atoms with Gasteiger partial charge in [-0.3, -0.25) is 0 Å². The van der Waals surface area contributed by atoms with E-state index >= 15 is 0 Å². The topological polar surface area (TPSA) is 12.9 Å². The Hall–Kier alpha value is -2.41. The molecule has 2 aromatic carbocycles. The van der Waals surface area contributed by atoms with Crippen molar-refractivity contribution in [3.8, 4) is 0 Å². The second-order valence-corrected chi connectivity index (χ2v) is 5.12. The first kappa shape index (κ1) is 12.6. The second-order valence-electron chi connectivity index (χ2n) is 5.12. The van der Waals surface area contributed by atoms with Gasteiger partial charge in [-0.15, -0.1) is 0 Å². The van der Waals surface area contributed by atoms with Gasteiger partial charge in [0.05, 0.1) is 11.2 Å². The van der Waals surface area contributed by atoms with Gasteiger partial charge in [0.15, 0.2) is 0 Å². The number of benzene rings is 2. The highest BCUT2D eigenvalue weighted by Gasteiger charge is 1.96. The Morgan fingerprint density at radius 2 is 1.70 bits per heavy atom. The van der Waals surface area contributed by atoms with Crippen LogP contribution in [0.4, 0.5) is 0 Å². The maximum Gasteiger partial charge on any atom is 0.0709 e. The summed E-state index contributed by atoms with van der Waals surface area (Å²) in [6.07, 6.45) is 4.20. The number of pyridine rings is 1. The lowest BCUT2D eigenvalue weighted by atomic mass is 10.1. The minimum atomic E-state index is 0.990.